The molecule has 1 N–H and O–H groups in total. The van der Waals surface area contributed by atoms with Gasteiger partial charge in [-0.3, -0.25) is 9.59 Å². The first-order valence-electron chi connectivity index (χ1n) is 4.68. The van der Waals surface area contributed by atoms with Crippen LogP contribution in [0.4, 0.5) is 0 Å². The molecule has 1 aromatic rings. The van der Waals surface area contributed by atoms with E-state index in [1.807, 2.05) is 0 Å². The highest BCUT2D eigenvalue weighted by atomic mass is 16.3. The Morgan fingerprint density at radius 3 is 2.40 bits per heavy atom. The lowest BCUT2D eigenvalue weighted by atomic mass is 10.1. The Labute approximate surface area is 88.0 Å². The molecule has 0 fully saturated rings. The van der Waals surface area contributed by atoms with E-state index in [4.69, 9.17) is 0 Å². The van der Waals surface area contributed by atoms with Crippen LogP contribution in [0.15, 0.2) is 12.1 Å². The molecule has 0 bridgehead atoms. The number of carbonyl (C=O) groups excluding carboxylic acids is 2. The van der Waals surface area contributed by atoms with Crippen molar-refractivity contribution in [1.82, 2.24) is 4.98 Å². The summed E-state index contributed by atoms with van der Waals surface area (Å²) in [5.41, 5.74) is 0.162. The van der Waals surface area contributed by atoms with Gasteiger partial charge in [0.15, 0.2) is 11.6 Å². The highest BCUT2D eigenvalue weighted by Crippen LogP contribution is 2.17. The highest BCUT2D eigenvalue weighted by Gasteiger charge is 2.16. The predicted octanol–water partition coefficient (Wildman–Crippen LogP) is 1.83. The second-order valence-corrected chi connectivity index (χ2v) is 3.64. The normalized spacial score (nSPS) is 10.4. The molecular weight excluding hydrogens is 194 g/mol. The van der Waals surface area contributed by atoms with Crippen molar-refractivity contribution >= 4 is 11.6 Å². The van der Waals surface area contributed by atoms with Crippen molar-refractivity contribution in [2.75, 3.05) is 0 Å². The molecule has 4 nitrogen and oxygen atoms in total. The van der Waals surface area contributed by atoms with Crippen molar-refractivity contribution < 1.29 is 14.7 Å². The molecule has 15 heavy (non-hydrogen) atoms. The van der Waals surface area contributed by atoms with Crippen molar-refractivity contribution in [3.63, 3.8) is 0 Å². The van der Waals surface area contributed by atoms with Gasteiger partial charge in [0.1, 0.15) is 17.1 Å². The summed E-state index contributed by atoms with van der Waals surface area (Å²) in [4.78, 5) is 26.5. The maximum absolute atomic E-state index is 11.6. The molecule has 0 amide bonds. The van der Waals surface area contributed by atoms with E-state index in [0.717, 1.165) is 0 Å². The van der Waals surface area contributed by atoms with E-state index in [1.54, 1.807) is 13.8 Å². The van der Waals surface area contributed by atoms with Crippen LogP contribution in [-0.2, 0) is 0 Å². The lowest BCUT2D eigenvalue weighted by molar-refractivity contribution is 0.0934. The van der Waals surface area contributed by atoms with E-state index in [-0.39, 0.29) is 34.6 Å². The van der Waals surface area contributed by atoms with Gasteiger partial charge in [0, 0.05) is 12.8 Å². The van der Waals surface area contributed by atoms with E-state index in [0.29, 0.717) is 0 Å². The van der Waals surface area contributed by atoms with Crippen LogP contribution in [0.1, 0.15) is 41.7 Å². The van der Waals surface area contributed by atoms with Gasteiger partial charge in [0.2, 0.25) is 0 Å². The smallest absolute Gasteiger partial charge is 0.183 e. The zero-order valence-electron chi connectivity index (χ0n) is 8.94. The molecule has 4 heteroatoms. The molecule has 0 atom stereocenters. The first-order chi connectivity index (χ1) is 6.93. The van der Waals surface area contributed by atoms with Gasteiger partial charge in [-0.25, -0.2) is 4.98 Å². The van der Waals surface area contributed by atoms with Gasteiger partial charge >= 0.3 is 0 Å². The number of hydrogen-bond acceptors (Lipinski definition) is 4. The standard InChI is InChI=1S/C11H13NO3/c1-6(2)11(15)8-4-5-9(14)10(12-8)7(3)13/h4-6,14H,1-3H3. The van der Waals surface area contributed by atoms with E-state index < -0.39 is 0 Å². The molecule has 0 saturated carbocycles. The van der Waals surface area contributed by atoms with Crippen LogP contribution in [0, 0.1) is 5.92 Å². The number of pyridine rings is 1. The van der Waals surface area contributed by atoms with Crippen molar-refractivity contribution in [2.45, 2.75) is 20.8 Å². The molecule has 1 rings (SSSR count). The third-order valence-corrected chi connectivity index (χ3v) is 1.98. The highest BCUT2D eigenvalue weighted by molar-refractivity contribution is 5.99. The van der Waals surface area contributed by atoms with Gasteiger partial charge in [-0.05, 0) is 12.1 Å². The maximum Gasteiger partial charge on any atom is 0.183 e. The second-order valence-electron chi connectivity index (χ2n) is 3.64. The zero-order valence-corrected chi connectivity index (χ0v) is 8.94. The molecule has 0 aliphatic heterocycles. The van der Waals surface area contributed by atoms with Crippen molar-refractivity contribution in [2.24, 2.45) is 5.92 Å². The molecular formula is C11H13NO3. The molecule has 0 aromatic carbocycles. The lowest BCUT2D eigenvalue weighted by Gasteiger charge is -2.05. The summed E-state index contributed by atoms with van der Waals surface area (Å²) in [5, 5.41) is 9.33. The average molecular weight is 207 g/mol. The lowest BCUT2D eigenvalue weighted by Crippen LogP contribution is -2.11. The Bertz CT molecular complexity index is 410. The Hall–Kier alpha value is -1.71. The molecule has 80 valence electrons. The van der Waals surface area contributed by atoms with Crippen LogP contribution in [0.3, 0.4) is 0 Å². The molecule has 1 aromatic heterocycles. The Balaban J connectivity index is 3.19. The van der Waals surface area contributed by atoms with Crippen LogP contribution in [0.2, 0.25) is 0 Å². The third-order valence-electron chi connectivity index (χ3n) is 1.98. The van der Waals surface area contributed by atoms with Gasteiger partial charge < -0.3 is 5.11 Å². The first-order valence-corrected chi connectivity index (χ1v) is 4.68. The van der Waals surface area contributed by atoms with E-state index in [1.165, 1.54) is 19.1 Å². The number of carbonyl (C=O) groups is 2. The molecule has 0 unspecified atom stereocenters. The largest absolute Gasteiger partial charge is 0.506 e. The summed E-state index contributed by atoms with van der Waals surface area (Å²) < 4.78 is 0. The fourth-order valence-electron chi connectivity index (χ4n) is 1.14. The van der Waals surface area contributed by atoms with Crippen molar-refractivity contribution in [1.29, 1.82) is 0 Å². The summed E-state index contributed by atoms with van der Waals surface area (Å²) in [5.74, 6) is -0.868. The van der Waals surface area contributed by atoms with Crippen LogP contribution in [0.25, 0.3) is 0 Å². The number of rotatable bonds is 3. The number of Topliss-reactive ketones (excluding diaryl/α,β-unsaturated/α-hetero) is 2. The van der Waals surface area contributed by atoms with Gasteiger partial charge in [-0.2, -0.15) is 0 Å². The second kappa shape index (κ2) is 4.21. The van der Waals surface area contributed by atoms with Crippen LogP contribution in [-0.4, -0.2) is 21.7 Å². The van der Waals surface area contributed by atoms with Gasteiger partial charge in [-0.1, -0.05) is 13.8 Å². The molecule has 0 saturated heterocycles. The van der Waals surface area contributed by atoms with E-state index >= 15 is 0 Å². The number of ketones is 2. The van der Waals surface area contributed by atoms with Crippen LogP contribution >= 0.6 is 0 Å². The van der Waals surface area contributed by atoms with Gasteiger partial charge in [-0.15, -0.1) is 0 Å². The van der Waals surface area contributed by atoms with Gasteiger partial charge in [0.05, 0.1) is 0 Å². The Morgan fingerprint density at radius 1 is 1.33 bits per heavy atom. The zero-order chi connectivity index (χ0) is 11.6. The van der Waals surface area contributed by atoms with Crippen molar-refractivity contribution in [3.05, 3.63) is 23.5 Å². The minimum Gasteiger partial charge on any atom is -0.506 e. The SMILES string of the molecule is CC(=O)c1nc(C(=O)C(C)C)ccc1O. The topological polar surface area (TPSA) is 67.3 Å². The number of nitrogens with zero attached hydrogens (tertiary/aromatic N) is 1. The molecule has 0 aliphatic carbocycles. The Kier molecular flexibility index (Phi) is 3.19. The minimum atomic E-state index is -0.356. The molecule has 0 spiro atoms. The fraction of sp³-hybridized carbons (Fsp3) is 0.364. The van der Waals surface area contributed by atoms with Crippen molar-refractivity contribution in [3.8, 4) is 5.75 Å². The number of hydrogen-bond donors (Lipinski definition) is 1. The van der Waals surface area contributed by atoms with Crippen LogP contribution < -0.4 is 0 Å². The van der Waals surface area contributed by atoms with Gasteiger partial charge in [0.25, 0.3) is 0 Å². The Morgan fingerprint density at radius 2 is 1.93 bits per heavy atom. The first kappa shape index (κ1) is 11.4. The van der Waals surface area contributed by atoms with E-state index in [9.17, 15) is 14.7 Å². The van der Waals surface area contributed by atoms with E-state index in [2.05, 4.69) is 4.98 Å². The monoisotopic (exact) mass is 207 g/mol. The fourth-order valence-corrected chi connectivity index (χ4v) is 1.14. The molecule has 0 aliphatic rings. The minimum absolute atomic E-state index is 0.0542. The molecule has 0 radical (unpaired) electrons. The average Bonchev–Trinajstić information content (AvgIpc) is 2.16. The summed E-state index contributed by atoms with van der Waals surface area (Å²) in [6, 6.07) is 2.74. The maximum atomic E-state index is 11.6. The summed E-state index contributed by atoms with van der Waals surface area (Å²) in [6.45, 7) is 4.81. The summed E-state index contributed by atoms with van der Waals surface area (Å²) >= 11 is 0. The molecule has 1 heterocycles. The summed E-state index contributed by atoms with van der Waals surface area (Å²) in [6.07, 6.45) is 0. The quantitative estimate of drug-likeness (QED) is 0.768. The van der Waals surface area contributed by atoms with Crippen LogP contribution in [0.5, 0.6) is 5.75 Å². The predicted molar refractivity (Wildman–Crippen MR) is 55.1 cm³/mol. The summed E-state index contributed by atoms with van der Waals surface area (Å²) in [7, 11) is 0. The number of aromatic nitrogens is 1. The number of aromatic hydroxyl groups is 1. The third kappa shape index (κ3) is 2.40.